The molecule has 4 rings (SSSR count). The first-order chi connectivity index (χ1) is 23.1. The molecule has 0 radical (unpaired) electrons. The molecular weight excluding hydrogens is 624 g/mol. The Balaban J connectivity index is 1.38. The van der Waals surface area contributed by atoms with Crippen LogP contribution in [0.4, 0.5) is 0 Å². The second-order valence-corrected chi connectivity index (χ2v) is 11.5. The van der Waals surface area contributed by atoms with E-state index in [0.29, 0.717) is 36.3 Å². The third kappa shape index (κ3) is 10.5. The molecule has 6 atom stereocenters. The van der Waals surface area contributed by atoms with Gasteiger partial charge in [0.05, 0.1) is 20.3 Å². The number of aryl methyl sites for hydroxylation is 2. The van der Waals surface area contributed by atoms with Gasteiger partial charge < -0.3 is 49.2 Å². The van der Waals surface area contributed by atoms with Gasteiger partial charge in [-0.2, -0.15) is 0 Å². The van der Waals surface area contributed by atoms with Gasteiger partial charge in [-0.05, 0) is 78.4 Å². The molecule has 12 nitrogen and oxygen atoms in total. The number of ether oxygens (including phenoxy) is 5. The first-order valence-corrected chi connectivity index (χ1v) is 15.6. The Morgan fingerprint density at radius 3 is 2.06 bits per heavy atom. The van der Waals surface area contributed by atoms with Gasteiger partial charge in [0.2, 0.25) is 0 Å². The molecular formula is C36H42O12. The van der Waals surface area contributed by atoms with Crippen molar-refractivity contribution in [1.29, 1.82) is 0 Å². The number of carbonyl (C=O) groups excluding carboxylic acids is 2. The molecule has 1 fully saturated rings. The largest absolute Gasteiger partial charge is 0.508 e. The number of phenolic OH excluding ortho intramolecular Hbond substituents is 2. The number of esters is 1. The molecule has 3 aromatic rings. The number of phenols is 2. The molecule has 1 saturated heterocycles. The summed E-state index contributed by atoms with van der Waals surface area (Å²) in [4.78, 5) is 25.5. The van der Waals surface area contributed by atoms with Gasteiger partial charge in [-0.15, -0.1) is 0 Å². The lowest BCUT2D eigenvalue weighted by atomic mass is 9.98. The van der Waals surface area contributed by atoms with Crippen molar-refractivity contribution < 1.29 is 58.8 Å². The van der Waals surface area contributed by atoms with Gasteiger partial charge in [0.15, 0.2) is 17.8 Å². The SMILES string of the molecule is COc1ccc(/C=C/C(=O)OC[C@H]2O[C@@H](OC(CCc3ccc(O)cc3)CC(=O)CCc3ccc(O)cc3)[C@H](O)[C@@H](O)[C@@H]2O)cc1OC. The molecule has 1 aliphatic heterocycles. The van der Waals surface area contributed by atoms with Gasteiger partial charge in [0.1, 0.15) is 48.3 Å². The molecule has 1 aliphatic rings. The van der Waals surface area contributed by atoms with E-state index in [2.05, 4.69) is 0 Å². The summed E-state index contributed by atoms with van der Waals surface area (Å²) in [5, 5.41) is 51.1. The normalized spacial score (nSPS) is 21.5. The number of carbonyl (C=O) groups is 2. The van der Waals surface area contributed by atoms with E-state index < -0.39 is 49.4 Å². The maximum Gasteiger partial charge on any atom is 0.330 e. The van der Waals surface area contributed by atoms with Crippen LogP contribution < -0.4 is 9.47 Å². The third-order valence-corrected chi connectivity index (χ3v) is 7.98. The van der Waals surface area contributed by atoms with E-state index in [0.717, 1.165) is 11.1 Å². The minimum atomic E-state index is -1.68. The number of hydrogen-bond acceptors (Lipinski definition) is 12. The summed E-state index contributed by atoms with van der Waals surface area (Å²) in [6.45, 7) is -0.455. The molecule has 0 aromatic heterocycles. The van der Waals surface area contributed by atoms with Crippen molar-refractivity contribution in [3.63, 3.8) is 0 Å². The minimum absolute atomic E-state index is 0.0258. The van der Waals surface area contributed by atoms with Crippen molar-refractivity contribution in [2.24, 2.45) is 0 Å². The maximum absolute atomic E-state index is 13.0. The topological polar surface area (TPSA) is 181 Å². The summed E-state index contributed by atoms with van der Waals surface area (Å²) in [5.74, 6) is 0.390. The van der Waals surface area contributed by atoms with Crippen LogP contribution in [0.2, 0.25) is 0 Å². The van der Waals surface area contributed by atoms with Crippen LogP contribution >= 0.6 is 0 Å². The molecule has 258 valence electrons. The predicted molar refractivity (Wildman–Crippen MR) is 174 cm³/mol. The summed E-state index contributed by atoms with van der Waals surface area (Å²) in [7, 11) is 3.00. The summed E-state index contributed by atoms with van der Waals surface area (Å²) in [6, 6.07) is 18.2. The highest BCUT2D eigenvalue weighted by atomic mass is 16.7. The fourth-order valence-corrected chi connectivity index (χ4v) is 5.20. The summed E-state index contributed by atoms with van der Waals surface area (Å²) in [6.07, 6.45) is -4.24. The van der Waals surface area contributed by atoms with E-state index in [9.17, 15) is 35.1 Å². The number of Topliss-reactive ketones (excluding diaryl/α,β-unsaturated/α-hetero) is 1. The molecule has 1 heterocycles. The number of ketones is 1. The van der Waals surface area contributed by atoms with Crippen molar-refractivity contribution >= 4 is 17.8 Å². The number of aliphatic hydroxyl groups is 3. The minimum Gasteiger partial charge on any atom is -0.508 e. The lowest BCUT2D eigenvalue weighted by Crippen LogP contribution is -2.60. The molecule has 5 N–H and O–H groups in total. The lowest BCUT2D eigenvalue weighted by Gasteiger charge is -2.41. The van der Waals surface area contributed by atoms with Gasteiger partial charge >= 0.3 is 5.97 Å². The number of hydrogen-bond donors (Lipinski definition) is 5. The first-order valence-electron chi connectivity index (χ1n) is 15.6. The maximum atomic E-state index is 13.0. The zero-order chi connectivity index (χ0) is 34.6. The Morgan fingerprint density at radius 1 is 0.812 bits per heavy atom. The van der Waals surface area contributed by atoms with Crippen molar-refractivity contribution in [2.45, 2.75) is 68.9 Å². The number of benzene rings is 3. The van der Waals surface area contributed by atoms with Crippen LogP contribution in [0.25, 0.3) is 6.08 Å². The molecule has 1 unspecified atom stereocenters. The highest BCUT2D eigenvalue weighted by Crippen LogP contribution is 2.29. The monoisotopic (exact) mass is 666 g/mol. The summed E-state index contributed by atoms with van der Waals surface area (Å²) in [5.41, 5.74) is 2.40. The highest BCUT2D eigenvalue weighted by Gasteiger charge is 2.45. The highest BCUT2D eigenvalue weighted by molar-refractivity contribution is 5.87. The smallest absolute Gasteiger partial charge is 0.330 e. The standard InChI is InChI=1S/C36H42O12/c1-44-29-17-9-24(19-30(29)45-2)10-18-32(40)46-21-31-33(41)34(42)35(43)36(48-31)47-28(16-8-23-5-13-26(38)14-6-23)20-27(39)15-7-22-3-11-25(37)12-4-22/h3-6,9-14,17-19,28,31,33-38,41-43H,7-8,15-16,20-21H2,1-2H3/b18-10+/t28?,31-,33-,34+,35-,36-/m1/s1. The van der Waals surface area contributed by atoms with Crippen LogP contribution in [0.3, 0.4) is 0 Å². The van der Waals surface area contributed by atoms with Gasteiger partial charge in [0, 0.05) is 18.9 Å². The zero-order valence-corrected chi connectivity index (χ0v) is 26.8. The molecule has 48 heavy (non-hydrogen) atoms. The average Bonchev–Trinajstić information content (AvgIpc) is 3.09. The van der Waals surface area contributed by atoms with Crippen molar-refractivity contribution in [3.8, 4) is 23.0 Å². The molecule has 0 saturated carbocycles. The van der Waals surface area contributed by atoms with Crippen LogP contribution in [-0.4, -0.2) is 94.9 Å². The van der Waals surface area contributed by atoms with E-state index >= 15 is 0 Å². The van der Waals surface area contributed by atoms with Crippen molar-refractivity contribution in [2.75, 3.05) is 20.8 Å². The van der Waals surface area contributed by atoms with Crippen LogP contribution in [0, 0.1) is 0 Å². The Bertz CT molecular complexity index is 1500. The zero-order valence-electron chi connectivity index (χ0n) is 26.8. The van der Waals surface area contributed by atoms with Crippen LogP contribution in [-0.2, 0) is 36.6 Å². The second-order valence-electron chi connectivity index (χ2n) is 11.5. The second kappa shape index (κ2) is 17.6. The van der Waals surface area contributed by atoms with Crippen LogP contribution in [0.5, 0.6) is 23.0 Å². The molecule has 0 spiro atoms. The van der Waals surface area contributed by atoms with E-state index in [1.165, 1.54) is 26.4 Å². The van der Waals surface area contributed by atoms with E-state index in [-0.39, 0.29) is 30.1 Å². The van der Waals surface area contributed by atoms with Crippen molar-refractivity contribution in [3.05, 3.63) is 89.5 Å². The van der Waals surface area contributed by atoms with Gasteiger partial charge in [-0.1, -0.05) is 30.3 Å². The van der Waals surface area contributed by atoms with E-state index in [4.69, 9.17) is 23.7 Å². The van der Waals surface area contributed by atoms with E-state index in [1.807, 2.05) is 0 Å². The average molecular weight is 667 g/mol. The Hall–Kier alpha value is -4.46. The Kier molecular flexibility index (Phi) is 13.4. The lowest BCUT2D eigenvalue weighted by molar-refractivity contribution is -0.311. The summed E-state index contributed by atoms with van der Waals surface area (Å²) >= 11 is 0. The number of methoxy groups -OCH3 is 2. The molecule has 0 amide bonds. The molecule has 12 heteroatoms. The number of aromatic hydroxyl groups is 2. The third-order valence-electron chi connectivity index (χ3n) is 7.98. The number of rotatable bonds is 16. The van der Waals surface area contributed by atoms with Crippen LogP contribution in [0.1, 0.15) is 36.0 Å². The fraction of sp³-hybridized carbons (Fsp3) is 0.389. The van der Waals surface area contributed by atoms with Crippen molar-refractivity contribution in [1.82, 2.24) is 0 Å². The molecule has 3 aromatic carbocycles. The number of aliphatic hydroxyl groups excluding tert-OH is 3. The first kappa shape index (κ1) is 36.4. The van der Waals surface area contributed by atoms with E-state index in [1.54, 1.807) is 66.7 Å². The summed E-state index contributed by atoms with van der Waals surface area (Å²) < 4.78 is 27.6. The fourth-order valence-electron chi connectivity index (χ4n) is 5.20. The predicted octanol–water partition coefficient (Wildman–Crippen LogP) is 3.09. The Labute approximate surface area is 278 Å². The van der Waals surface area contributed by atoms with Crippen LogP contribution in [0.15, 0.2) is 72.8 Å². The van der Waals surface area contributed by atoms with Gasteiger partial charge in [-0.25, -0.2) is 4.79 Å². The van der Waals surface area contributed by atoms with Gasteiger partial charge in [-0.3, -0.25) is 4.79 Å². The van der Waals surface area contributed by atoms with Gasteiger partial charge in [0.25, 0.3) is 0 Å². The quantitative estimate of drug-likeness (QED) is 0.112. The molecule has 0 aliphatic carbocycles. The molecule has 0 bridgehead atoms. The Morgan fingerprint density at radius 2 is 1.44 bits per heavy atom.